The molecule has 0 fully saturated rings. The van der Waals surface area contributed by atoms with E-state index in [0.29, 0.717) is 5.75 Å². The Kier molecular flexibility index (Phi) is 4.74. The highest BCUT2D eigenvalue weighted by Crippen LogP contribution is 2.30. The molecule has 0 aromatic heterocycles. The maximum absolute atomic E-state index is 10.2. The van der Waals surface area contributed by atoms with Crippen molar-refractivity contribution in [1.29, 1.82) is 0 Å². The molecule has 0 saturated carbocycles. The summed E-state index contributed by atoms with van der Waals surface area (Å²) in [4.78, 5) is 3.55. The van der Waals surface area contributed by atoms with Crippen molar-refractivity contribution in [2.75, 3.05) is 13.3 Å². The van der Waals surface area contributed by atoms with Crippen LogP contribution in [0.2, 0.25) is 0 Å². The second kappa shape index (κ2) is 6.76. The highest BCUT2D eigenvalue weighted by atomic mass is 32.2. The highest BCUT2D eigenvalue weighted by molar-refractivity contribution is 7.98. The molecule has 3 rings (SSSR count). The van der Waals surface area contributed by atoms with Crippen molar-refractivity contribution in [3.05, 3.63) is 58.7 Å². The predicted molar refractivity (Wildman–Crippen MR) is 93.5 cm³/mol. The van der Waals surface area contributed by atoms with Gasteiger partial charge in [-0.1, -0.05) is 18.2 Å². The summed E-state index contributed by atoms with van der Waals surface area (Å²) >= 11 is 1.77. The van der Waals surface area contributed by atoms with Gasteiger partial charge in [-0.3, -0.25) is 4.90 Å². The molecule has 2 aromatic rings. The largest absolute Gasteiger partial charge is 0.508 e. The summed E-state index contributed by atoms with van der Waals surface area (Å²) in [6.45, 7) is 1.68. The monoisotopic (exact) mass is 313 g/mol. The summed E-state index contributed by atoms with van der Waals surface area (Å²) in [5.41, 5.74) is 5.10. The Morgan fingerprint density at radius 1 is 1.05 bits per heavy atom. The van der Waals surface area contributed by atoms with Gasteiger partial charge in [-0.15, -0.1) is 11.8 Å². The first-order valence-corrected chi connectivity index (χ1v) is 9.03. The number of hydrogen-bond acceptors (Lipinski definition) is 3. The molecule has 22 heavy (non-hydrogen) atoms. The fourth-order valence-electron chi connectivity index (χ4n) is 3.18. The first-order chi connectivity index (χ1) is 10.7. The summed E-state index contributed by atoms with van der Waals surface area (Å²) in [7, 11) is 2.11. The first-order valence-electron chi connectivity index (χ1n) is 7.81. The summed E-state index contributed by atoms with van der Waals surface area (Å²) in [6.07, 6.45) is 5.58. The van der Waals surface area contributed by atoms with Gasteiger partial charge in [-0.2, -0.15) is 0 Å². The van der Waals surface area contributed by atoms with Crippen LogP contribution in [0.1, 0.15) is 28.7 Å². The van der Waals surface area contributed by atoms with Gasteiger partial charge in [-0.25, -0.2) is 0 Å². The number of rotatable bonds is 5. The number of thioether (sulfide) groups is 1. The Hall–Kier alpha value is -1.45. The van der Waals surface area contributed by atoms with Crippen molar-refractivity contribution in [1.82, 2.24) is 4.90 Å². The van der Waals surface area contributed by atoms with Gasteiger partial charge in [0, 0.05) is 23.5 Å². The zero-order valence-corrected chi connectivity index (χ0v) is 14.1. The van der Waals surface area contributed by atoms with Crippen LogP contribution in [-0.4, -0.2) is 23.3 Å². The van der Waals surface area contributed by atoms with Crippen molar-refractivity contribution in [2.45, 2.75) is 37.2 Å². The second-order valence-corrected chi connectivity index (χ2v) is 7.00. The third kappa shape index (κ3) is 3.47. The van der Waals surface area contributed by atoms with Crippen LogP contribution in [0, 0.1) is 0 Å². The zero-order valence-electron chi connectivity index (χ0n) is 13.3. The van der Waals surface area contributed by atoms with Crippen molar-refractivity contribution < 1.29 is 5.11 Å². The minimum atomic E-state index is 0.449. The highest BCUT2D eigenvalue weighted by Gasteiger charge is 2.15. The topological polar surface area (TPSA) is 23.5 Å². The SMILES string of the molecule is CSc1ccc(CN(C)Cc2cc3c(cc2O)CCC3)cc1. The Bertz CT molecular complexity index is 651. The lowest BCUT2D eigenvalue weighted by Crippen LogP contribution is -2.17. The standard InChI is InChI=1S/C19H23NOS/c1-20(12-14-6-8-18(22-2)9-7-14)13-17-10-15-4-3-5-16(15)11-19(17)21/h6-11,21H,3-5,12-13H2,1-2H3. The molecule has 3 heteroatoms. The molecular weight excluding hydrogens is 290 g/mol. The third-order valence-electron chi connectivity index (χ3n) is 4.34. The van der Waals surface area contributed by atoms with E-state index in [0.717, 1.165) is 31.5 Å². The molecule has 116 valence electrons. The number of aryl methyl sites for hydroxylation is 2. The summed E-state index contributed by atoms with van der Waals surface area (Å²) in [5, 5.41) is 10.2. The number of hydrogen-bond donors (Lipinski definition) is 1. The average molecular weight is 313 g/mol. The first kappa shape index (κ1) is 15.4. The number of benzene rings is 2. The van der Waals surface area contributed by atoms with Crippen LogP contribution in [-0.2, 0) is 25.9 Å². The Morgan fingerprint density at radius 3 is 2.41 bits per heavy atom. The number of aromatic hydroxyl groups is 1. The Morgan fingerprint density at radius 2 is 1.73 bits per heavy atom. The van der Waals surface area contributed by atoms with Gasteiger partial charge < -0.3 is 5.11 Å². The van der Waals surface area contributed by atoms with E-state index in [-0.39, 0.29) is 0 Å². The molecule has 1 N–H and O–H groups in total. The minimum Gasteiger partial charge on any atom is -0.508 e. The summed E-state index contributed by atoms with van der Waals surface area (Å²) in [5.74, 6) is 0.449. The molecule has 0 unspecified atom stereocenters. The van der Waals surface area contributed by atoms with Crippen LogP contribution < -0.4 is 0 Å². The lowest BCUT2D eigenvalue weighted by atomic mass is 10.0. The maximum Gasteiger partial charge on any atom is 0.120 e. The number of phenols is 1. The smallest absolute Gasteiger partial charge is 0.120 e. The fraction of sp³-hybridized carbons (Fsp3) is 0.368. The molecule has 1 aliphatic rings. The molecule has 2 nitrogen and oxygen atoms in total. The minimum absolute atomic E-state index is 0.449. The van der Waals surface area contributed by atoms with E-state index in [1.54, 1.807) is 11.8 Å². The maximum atomic E-state index is 10.2. The van der Waals surface area contributed by atoms with Crippen molar-refractivity contribution in [2.24, 2.45) is 0 Å². The van der Waals surface area contributed by atoms with Crippen LogP contribution in [0.25, 0.3) is 0 Å². The molecule has 0 bridgehead atoms. The molecule has 2 aromatic carbocycles. The normalized spacial score (nSPS) is 13.6. The predicted octanol–water partition coefficient (Wildman–Crippen LogP) is 4.23. The molecule has 0 spiro atoms. The molecule has 0 saturated heterocycles. The summed E-state index contributed by atoms with van der Waals surface area (Å²) < 4.78 is 0. The van der Waals surface area contributed by atoms with Crippen molar-refractivity contribution in [3.63, 3.8) is 0 Å². The quantitative estimate of drug-likeness (QED) is 0.835. The number of nitrogens with zero attached hydrogens (tertiary/aromatic N) is 1. The van der Waals surface area contributed by atoms with E-state index in [1.165, 1.54) is 28.0 Å². The zero-order chi connectivity index (χ0) is 15.5. The van der Waals surface area contributed by atoms with E-state index in [4.69, 9.17) is 0 Å². The van der Waals surface area contributed by atoms with Gasteiger partial charge in [0.25, 0.3) is 0 Å². The van der Waals surface area contributed by atoms with Crippen LogP contribution >= 0.6 is 11.8 Å². The third-order valence-corrected chi connectivity index (χ3v) is 5.09. The van der Waals surface area contributed by atoms with Crippen molar-refractivity contribution >= 4 is 11.8 Å². The van der Waals surface area contributed by atoms with Crippen molar-refractivity contribution in [3.8, 4) is 5.75 Å². The van der Waals surface area contributed by atoms with Gasteiger partial charge in [0.1, 0.15) is 5.75 Å². The lowest BCUT2D eigenvalue weighted by Gasteiger charge is -2.18. The molecular formula is C19H23NOS. The molecule has 1 aliphatic carbocycles. The molecule has 0 radical (unpaired) electrons. The van der Waals surface area contributed by atoms with Gasteiger partial charge in [-0.05, 0) is 67.5 Å². The van der Waals surface area contributed by atoms with Gasteiger partial charge in [0.2, 0.25) is 0 Å². The van der Waals surface area contributed by atoms with E-state index < -0.39 is 0 Å². The van der Waals surface area contributed by atoms with E-state index >= 15 is 0 Å². The Balaban J connectivity index is 1.67. The molecule has 0 amide bonds. The van der Waals surface area contributed by atoms with Gasteiger partial charge >= 0.3 is 0 Å². The second-order valence-electron chi connectivity index (χ2n) is 6.12. The molecule has 0 atom stereocenters. The van der Waals surface area contributed by atoms with E-state index in [2.05, 4.69) is 48.5 Å². The number of phenolic OH excluding ortho intramolecular Hbond substituents is 1. The van der Waals surface area contributed by atoms with Crippen LogP contribution in [0.15, 0.2) is 41.3 Å². The summed E-state index contributed by atoms with van der Waals surface area (Å²) in [6, 6.07) is 12.9. The van der Waals surface area contributed by atoms with Crippen LogP contribution in [0.3, 0.4) is 0 Å². The average Bonchev–Trinajstić information content (AvgIpc) is 2.95. The van der Waals surface area contributed by atoms with E-state index in [1.807, 2.05) is 6.07 Å². The van der Waals surface area contributed by atoms with Crippen LogP contribution in [0.4, 0.5) is 0 Å². The van der Waals surface area contributed by atoms with Gasteiger partial charge in [0.15, 0.2) is 0 Å². The van der Waals surface area contributed by atoms with E-state index in [9.17, 15) is 5.11 Å². The molecule has 0 aliphatic heterocycles. The molecule has 0 heterocycles. The lowest BCUT2D eigenvalue weighted by molar-refractivity contribution is 0.312. The van der Waals surface area contributed by atoms with Crippen LogP contribution in [0.5, 0.6) is 5.75 Å². The number of fused-ring (bicyclic) bond motifs is 1. The fourth-order valence-corrected chi connectivity index (χ4v) is 3.59. The van der Waals surface area contributed by atoms with Gasteiger partial charge in [0.05, 0.1) is 0 Å². The Labute approximate surface area is 137 Å².